The van der Waals surface area contributed by atoms with Crippen molar-refractivity contribution in [2.24, 2.45) is 5.41 Å². The summed E-state index contributed by atoms with van der Waals surface area (Å²) in [6, 6.07) is 43.3. The SMILES string of the molecule is CC(c1ccccc1)c1ccc2oc3c[c-]c(-c4cc5c(cn4)oc4ccccc45)cc3c2c1.Cc1cc[c-]c(-c2cc(CC(C)(C)C)c([Si](C)(C)C)cn2)c1F.[Ir]. The van der Waals surface area contributed by atoms with E-state index in [9.17, 15) is 4.39 Å². The van der Waals surface area contributed by atoms with E-state index in [0.717, 1.165) is 61.6 Å². The zero-order valence-electron chi connectivity index (χ0n) is 34.3. The summed E-state index contributed by atoms with van der Waals surface area (Å²) in [5.41, 5.74) is 11.0. The summed E-state index contributed by atoms with van der Waals surface area (Å²) in [7, 11) is -1.49. The molecule has 0 bridgehead atoms. The number of para-hydroxylation sites is 1. The van der Waals surface area contributed by atoms with Crippen molar-refractivity contribution in [1.29, 1.82) is 0 Å². The number of pyridine rings is 2. The number of fused-ring (bicyclic) bond motifs is 6. The van der Waals surface area contributed by atoms with Crippen LogP contribution in [0.2, 0.25) is 19.6 Å². The molecule has 0 N–H and O–H groups in total. The van der Waals surface area contributed by atoms with Gasteiger partial charge in [-0.1, -0.05) is 143 Å². The molecule has 9 aromatic rings. The summed E-state index contributed by atoms with van der Waals surface area (Å²) in [4.78, 5) is 9.24. The Hall–Kier alpha value is -5.20. The Bertz CT molecular complexity index is 2900. The average Bonchev–Trinajstić information content (AvgIpc) is 3.75. The fourth-order valence-corrected chi connectivity index (χ4v) is 9.24. The van der Waals surface area contributed by atoms with Crippen LogP contribution in [0.3, 0.4) is 0 Å². The molecule has 4 heterocycles. The Morgan fingerprint density at radius 1 is 0.690 bits per heavy atom. The van der Waals surface area contributed by atoms with Crippen molar-refractivity contribution in [2.45, 2.75) is 66.6 Å². The molecule has 0 saturated carbocycles. The van der Waals surface area contributed by atoms with Crippen molar-refractivity contribution in [3.63, 3.8) is 0 Å². The molecule has 0 aliphatic carbocycles. The van der Waals surface area contributed by atoms with Crippen LogP contribution in [0, 0.1) is 30.3 Å². The summed E-state index contributed by atoms with van der Waals surface area (Å²) in [5.74, 6) is 0.0752. The van der Waals surface area contributed by atoms with Gasteiger partial charge in [0.15, 0.2) is 5.58 Å². The van der Waals surface area contributed by atoms with Gasteiger partial charge in [0, 0.05) is 54.2 Å². The second kappa shape index (κ2) is 16.2. The van der Waals surface area contributed by atoms with E-state index in [1.54, 1.807) is 25.3 Å². The molecule has 1 atom stereocenters. The number of hydrogen-bond acceptors (Lipinski definition) is 4. The molecule has 1 radical (unpaired) electrons. The van der Waals surface area contributed by atoms with Gasteiger partial charge in [0.25, 0.3) is 0 Å². The first kappa shape index (κ1) is 41.0. The van der Waals surface area contributed by atoms with Crippen LogP contribution in [-0.4, -0.2) is 18.0 Å². The molecule has 4 nitrogen and oxygen atoms in total. The van der Waals surface area contributed by atoms with Crippen LogP contribution in [0.4, 0.5) is 4.39 Å². The smallest absolute Gasteiger partial charge is 0.151 e. The molecule has 58 heavy (non-hydrogen) atoms. The van der Waals surface area contributed by atoms with Crippen molar-refractivity contribution >= 4 is 57.1 Å². The first-order chi connectivity index (χ1) is 27.2. The molecule has 0 spiro atoms. The van der Waals surface area contributed by atoms with Crippen LogP contribution in [-0.2, 0) is 26.5 Å². The van der Waals surface area contributed by atoms with E-state index in [-0.39, 0.29) is 31.3 Å². The summed E-state index contributed by atoms with van der Waals surface area (Å²) < 4.78 is 26.5. The standard InChI is InChI=1S/C31H20NO2.C20H27FNSi.Ir/c1-19(20-7-3-2-4-8-20)21-11-13-29-24(15-21)25-16-22(12-14-30(25)33-29)27-17-26-23-9-5-6-10-28(23)34-31(26)18-32-27;1-14-9-8-10-16(19(14)21)17-11-15(12-20(2,3)4)18(13-22-17)23(5,6)7;/h2-11,13-19H,1H3;8-9,11,13H,12H2,1-7H3;/q2*-1;. The molecule has 0 amide bonds. The van der Waals surface area contributed by atoms with Crippen LogP contribution in [0.25, 0.3) is 66.4 Å². The maximum Gasteiger partial charge on any atom is 0.151 e. The third-order valence-electron chi connectivity index (χ3n) is 10.7. The third kappa shape index (κ3) is 8.35. The van der Waals surface area contributed by atoms with Crippen molar-refractivity contribution in [3.8, 4) is 22.5 Å². The van der Waals surface area contributed by atoms with Crippen LogP contribution in [0.5, 0.6) is 0 Å². The van der Waals surface area contributed by atoms with E-state index in [2.05, 4.69) is 142 Å². The number of halogens is 1. The van der Waals surface area contributed by atoms with Crippen molar-refractivity contribution < 1.29 is 33.3 Å². The van der Waals surface area contributed by atoms with Gasteiger partial charge in [0.2, 0.25) is 0 Å². The second-order valence-corrected chi connectivity index (χ2v) is 22.4. The van der Waals surface area contributed by atoms with Crippen molar-refractivity contribution in [3.05, 3.63) is 162 Å². The van der Waals surface area contributed by atoms with Gasteiger partial charge < -0.3 is 18.8 Å². The molecule has 295 valence electrons. The number of aryl methyl sites for hydroxylation is 1. The van der Waals surface area contributed by atoms with Crippen LogP contribution in [0.15, 0.2) is 130 Å². The maximum atomic E-state index is 14.4. The molecule has 0 aliphatic rings. The molecule has 7 heteroatoms. The normalized spacial score (nSPS) is 12.4. The first-order valence-corrected chi connectivity index (χ1v) is 23.1. The minimum Gasteiger partial charge on any atom is -0.500 e. The van der Waals surface area contributed by atoms with Crippen LogP contribution < -0.4 is 5.19 Å². The molecular formula is C51H47FIrN2O2Si-2. The van der Waals surface area contributed by atoms with Crippen molar-refractivity contribution in [1.82, 2.24) is 9.97 Å². The average molecular weight is 959 g/mol. The van der Waals surface area contributed by atoms with Gasteiger partial charge in [-0.05, 0) is 57.7 Å². The summed E-state index contributed by atoms with van der Waals surface area (Å²) >= 11 is 0. The molecule has 5 aromatic carbocycles. The number of furan rings is 2. The van der Waals surface area contributed by atoms with E-state index in [0.29, 0.717) is 22.7 Å². The molecule has 9 rings (SSSR count). The molecule has 0 aliphatic heterocycles. The van der Waals surface area contributed by atoms with Crippen LogP contribution >= 0.6 is 0 Å². The predicted molar refractivity (Wildman–Crippen MR) is 236 cm³/mol. The molecule has 1 unspecified atom stereocenters. The van der Waals surface area contributed by atoms with E-state index in [4.69, 9.17) is 8.83 Å². The summed E-state index contributed by atoms with van der Waals surface area (Å²) in [5, 5.41) is 5.70. The Kier molecular flexibility index (Phi) is 11.5. The zero-order chi connectivity index (χ0) is 40.1. The number of benzene rings is 5. The van der Waals surface area contributed by atoms with Crippen LogP contribution in [0.1, 0.15) is 55.9 Å². The van der Waals surface area contributed by atoms with Gasteiger partial charge in [-0.15, -0.1) is 42.0 Å². The fraction of sp³-hybridized carbons (Fsp3) is 0.216. The second-order valence-electron chi connectivity index (χ2n) is 17.3. The number of hydrogen-bond donors (Lipinski definition) is 0. The first-order valence-electron chi connectivity index (χ1n) is 19.6. The molecular weight excluding hydrogens is 912 g/mol. The molecule has 4 aromatic heterocycles. The summed E-state index contributed by atoms with van der Waals surface area (Å²) in [6.45, 7) is 17.7. The largest absolute Gasteiger partial charge is 0.500 e. The monoisotopic (exact) mass is 959 g/mol. The van der Waals surface area contributed by atoms with E-state index in [1.165, 1.54) is 21.9 Å². The van der Waals surface area contributed by atoms with Gasteiger partial charge in [-0.2, -0.15) is 0 Å². The van der Waals surface area contributed by atoms with Gasteiger partial charge in [0.1, 0.15) is 11.2 Å². The van der Waals surface area contributed by atoms with E-state index < -0.39 is 8.07 Å². The Morgan fingerprint density at radius 2 is 1.36 bits per heavy atom. The Balaban J connectivity index is 0.000000188. The van der Waals surface area contributed by atoms with Gasteiger partial charge in [0.05, 0.1) is 19.9 Å². The summed E-state index contributed by atoms with van der Waals surface area (Å²) in [6.07, 6.45) is 4.74. The number of nitrogens with zero attached hydrogens (tertiary/aromatic N) is 2. The minimum absolute atomic E-state index is 0. The minimum atomic E-state index is -1.49. The zero-order valence-corrected chi connectivity index (χ0v) is 37.6. The molecule has 0 fully saturated rings. The fourth-order valence-electron chi connectivity index (χ4n) is 7.67. The van der Waals surface area contributed by atoms with E-state index in [1.807, 2.05) is 30.5 Å². The van der Waals surface area contributed by atoms with Gasteiger partial charge in [-0.25, -0.2) is 0 Å². The number of aromatic nitrogens is 2. The Morgan fingerprint density at radius 3 is 2.12 bits per heavy atom. The topological polar surface area (TPSA) is 52.1 Å². The quantitative estimate of drug-likeness (QED) is 0.123. The van der Waals surface area contributed by atoms with E-state index >= 15 is 0 Å². The third-order valence-corrected chi connectivity index (χ3v) is 12.7. The van der Waals surface area contributed by atoms with Crippen molar-refractivity contribution in [2.75, 3.05) is 0 Å². The molecule has 0 saturated heterocycles. The van der Waals surface area contributed by atoms with Gasteiger partial charge >= 0.3 is 0 Å². The maximum absolute atomic E-state index is 14.4. The number of rotatable bonds is 6. The van der Waals surface area contributed by atoms with Gasteiger partial charge in [-0.3, -0.25) is 4.39 Å². The predicted octanol–water partition coefficient (Wildman–Crippen LogP) is 13.6. The Labute approximate surface area is 354 Å².